The van der Waals surface area contributed by atoms with Gasteiger partial charge in [-0.3, -0.25) is 0 Å². The lowest BCUT2D eigenvalue weighted by atomic mass is 10.2. The highest BCUT2D eigenvalue weighted by atomic mass is 16.6. The molecule has 0 aromatic heterocycles. The second-order valence-corrected chi connectivity index (χ2v) is 4.05. The first-order valence-electron chi connectivity index (χ1n) is 6.21. The topological polar surface area (TPSA) is 82.1 Å². The fraction of sp³-hybridized carbons (Fsp3) is 0.429. The number of carbonyl (C=O) groups is 2. The van der Waals surface area contributed by atoms with E-state index in [1.165, 1.54) is 6.92 Å². The van der Waals surface area contributed by atoms with Crippen LogP contribution >= 0.6 is 0 Å². The van der Waals surface area contributed by atoms with E-state index >= 15 is 0 Å². The molecule has 1 rings (SSSR count). The van der Waals surface area contributed by atoms with Crippen molar-refractivity contribution in [3.63, 3.8) is 0 Å². The Morgan fingerprint density at radius 1 is 1.20 bits per heavy atom. The molecule has 0 saturated heterocycles. The van der Waals surface area contributed by atoms with Crippen molar-refractivity contribution in [3.05, 3.63) is 35.9 Å². The van der Waals surface area contributed by atoms with Gasteiger partial charge < -0.3 is 19.3 Å². The van der Waals surface area contributed by atoms with Gasteiger partial charge in [-0.25, -0.2) is 9.59 Å². The van der Waals surface area contributed by atoms with Gasteiger partial charge in [0.1, 0.15) is 13.2 Å². The number of carboxylic acid groups (broad SMARTS) is 1. The second-order valence-electron chi connectivity index (χ2n) is 4.05. The Bertz CT molecular complexity index is 417. The third-order valence-electron chi connectivity index (χ3n) is 2.41. The van der Waals surface area contributed by atoms with Gasteiger partial charge in [0, 0.05) is 0 Å². The third kappa shape index (κ3) is 6.86. The number of carbonyl (C=O) groups excluding carboxylic acids is 1. The SMILES string of the molecule is CC(OCCOCC(=O)OCc1ccccc1)C(=O)O. The van der Waals surface area contributed by atoms with Gasteiger partial charge in [0.15, 0.2) is 6.10 Å². The van der Waals surface area contributed by atoms with Gasteiger partial charge in [-0.15, -0.1) is 0 Å². The first-order chi connectivity index (χ1) is 9.59. The van der Waals surface area contributed by atoms with Gasteiger partial charge >= 0.3 is 11.9 Å². The summed E-state index contributed by atoms with van der Waals surface area (Å²) in [5, 5.41) is 8.57. The van der Waals surface area contributed by atoms with Crippen LogP contribution in [0.25, 0.3) is 0 Å². The minimum Gasteiger partial charge on any atom is -0.479 e. The summed E-state index contributed by atoms with van der Waals surface area (Å²) < 4.78 is 15.0. The number of hydrogen-bond donors (Lipinski definition) is 1. The average Bonchev–Trinajstić information content (AvgIpc) is 2.45. The van der Waals surface area contributed by atoms with E-state index in [-0.39, 0.29) is 26.4 Å². The van der Waals surface area contributed by atoms with E-state index in [0.717, 1.165) is 5.56 Å². The Morgan fingerprint density at radius 3 is 2.55 bits per heavy atom. The maximum absolute atomic E-state index is 11.3. The Kier molecular flexibility index (Phi) is 7.31. The fourth-order valence-corrected chi connectivity index (χ4v) is 1.29. The number of hydrogen-bond acceptors (Lipinski definition) is 5. The van der Waals surface area contributed by atoms with Crippen molar-refractivity contribution in [3.8, 4) is 0 Å². The zero-order chi connectivity index (χ0) is 14.8. The molecule has 110 valence electrons. The summed E-state index contributed by atoms with van der Waals surface area (Å²) in [5.41, 5.74) is 0.902. The molecule has 0 bridgehead atoms. The molecule has 1 N–H and O–H groups in total. The second kappa shape index (κ2) is 9.06. The molecule has 1 atom stereocenters. The first kappa shape index (κ1) is 16.1. The Balaban J connectivity index is 2.05. The number of ether oxygens (including phenoxy) is 3. The van der Waals surface area contributed by atoms with Crippen LogP contribution in [-0.4, -0.2) is 43.0 Å². The van der Waals surface area contributed by atoms with Crippen molar-refractivity contribution in [2.45, 2.75) is 19.6 Å². The molecule has 0 radical (unpaired) electrons. The molecular weight excluding hydrogens is 264 g/mol. The standard InChI is InChI=1S/C14H18O6/c1-11(14(16)17)19-8-7-18-10-13(15)20-9-12-5-3-2-4-6-12/h2-6,11H,7-10H2,1H3,(H,16,17). The minimum atomic E-state index is -1.03. The molecule has 1 unspecified atom stereocenters. The minimum absolute atomic E-state index is 0.111. The molecule has 0 spiro atoms. The summed E-state index contributed by atoms with van der Waals surface area (Å²) in [4.78, 5) is 21.8. The van der Waals surface area contributed by atoms with E-state index in [1.807, 2.05) is 30.3 Å². The third-order valence-corrected chi connectivity index (χ3v) is 2.41. The van der Waals surface area contributed by atoms with E-state index < -0.39 is 18.0 Å². The first-order valence-corrected chi connectivity index (χ1v) is 6.21. The summed E-state index contributed by atoms with van der Waals surface area (Å²) in [6.45, 7) is 1.70. The molecule has 20 heavy (non-hydrogen) atoms. The summed E-state index contributed by atoms with van der Waals surface area (Å²) in [7, 11) is 0. The average molecular weight is 282 g/mol. The van der Waals surface area contributed by atoms with Crippen LogP contribution < -0.4 is 0 Å². The molecule has 0 aliphatic carbocycles. The van der Waals surface area contributed by atoms with Crippen molar-refractivity contribution in [1.82, 2.24) is 0 Å². The Morgan fingerprint density at radius 2 is 1.90 bits per heavy atom. The molecular formula is C14H18O6. The maximum atomic E-state index is 11.3. The lowest BCUT2D eigenvalue weighted by molar-refractivity contribution is -0.154. The number of carboxylic acids is 1. The van der Waals surface area contributed by atoms with Gasteiger partial charge in [0.2, 0.25) is 0 Å². The molecule has 0 heterocycles. The van der Waals surface area contributed by atoms with Crippen LogP contribution in [0.3, 0.4) is 0 Å². The highest BCUT2D eigenvalue weighted by Gasteiger charge is 2.10. The molecule has 0 fully saturated rings. The number of rotatable bonds is 9. The zero-order valence-electron chi connectivity index (χ0n) is 11.3. The van der Waals surface area contributed by atoms with Crippen LogP contribution in [0.15, 0.2) is 30.3 Å². The smallest absolute Gasteiger partial charge is 0.332 e. The highest BCUT2D eigenvalue weighted by molar-refractivity contribution is 5.71. The molecule has 0 amide bonds. The van der Waals surface area contributed by atoms with Gasteiger partial charge in [-0.1, -0.05) is 30.3 Å². The van der Waals surface area contributed by atoms with Crippen LogP contribution in [0.1, 0.15) is 12.5 Å². The lowest BCUT2D eigenvalue weighted by Gasteiger charge is -2.09. The molecule has 1 aromatic rings. The van der Waals surface area contributed by atoms with Crippen LogP contribution in [0.2, 0.25) is 0 Å². The number of esters is 1. The largest absolute Gasteiger partial charge is 0.479 e. The summed E-state index contributed by atoms with van der Waals surface area (Å²) in [6.07, 6.45) is -0.886. The normalized spacial score (nSPS) is 11.8. The van der Waals surface area contributed by atoms with Crippen molar-refractivity contribution >= 4 is 11.9 Å². The van der Waals surface area contributed by atoms with Crippen molar-refractivity contribution < 1.29 is 28.9 Å². The van der Waals surface area contributed by atoms with Gasteiger partial charge in [-0.2, -0.15) is 0 Å². The van der Waals surface area contributed by atoms with E-state index in [2.05, 4.69) is 0 Å². The Labute approximate surface area is 117 Å². The molecule has 0 aliphatic rings. The predicted molar refractivity (Wildman–Crippen MR) is 70.1 cm³/mol. The van der Waals surface area contributed by atoms with Gasteiger partial charge in [-0.05, 0) is 12.5 Å². The van der Waals surface area contributed by atoms with E-state index in [1.54, 1.807) is 0 Å². The van der Waals surface area contributed by atoms with E-state index in [9.17, 15) is 9.59 Å². The molecule has 6 nitrogen and oxygen atoms in total. The molecule has 1 aromatic carbocycles. The highest BCUT2D eigenvalue weighted by Crippen LogP contribution is 2.00. The lowest BCUT2D eigenvalue weighted by Crippen LogP contribution is -2.22. The summed E-state index contributed by atoms with van der Waals surface area (Å²) >= 11 is 0. The van der Waals surface area contributed by atoms with Crippen molar-refractivity contribution in [2.75, 3.05) is 19.8 Å². The monoisotopic (exact) mass is 282 g/mol. The van der Waals surface area contributed by atoms with Crippen molar-refractivity contribution in [2.24, 2.45) is 0 Å². The number of aliphatic carboxylic acids is 1. The quantitative estimate of drug-likeness (QED) is 0.542. The van der Waals surface area contributed by atoms with Crippen LogP contribution in [-0.2, 0) is 30.4 Å². The van der Waals surface area contributed by atoms with E-state index in [4.69, 9.17) is 19.3 Å². The summed E-state index contributed by atoms with van der Waals surface area (Å²) in [6, 6.07) is 9.32. The maximum Gasteiger partial charge on any atom is 0.332 e. The zero-order valence-corrected chi connectivity index (χ0v) is 11.3. The van der Waals surface area contributed by atoms with Gasteiger partial charge in [0.05, 0.1) is 13.2 Å². The molecule has 0 saturated carbocycles. The molecule has 6 heteroatoms. The van der Waals surface area contributed by atoms with Crippen LogP contribution in [0, 0.1) is 0 Å². The predicted octanol–water partition coefficient (Wildman–Crippen LogP) is 1.24. The van der Waals surface area contributed by atoms with Crippen molar-refractivity contribution in [1.29, 1.82) is 0 Å². The Hall–Kier alpha value is -1.92. The van der Waals surface area contributed by atoms with Crippen LogP contribution in [0.4, 0.5) is 0 Å². The molecule has 0 aliphatic heterocycles. The van der Waals surface area contributed by atoms with Crippen LogP contribution in [0.5, 0.6) is 0 Å². The fourth-order valence-electron chi connectivity index (χ4n) is 1.29. The van der Waals surface area contributed by atoms with E-state index in [0.29, 0.717) is 0 Å². The van der Waals surface area contributed by atoms with Gasteiger partial charge in [0.25, 0.3) is 0 Å². The number of benzene rings is 1. The summed E-state index contributed by atoms with van der Waals surface area (Å²) in [5.74, 6) is -1.51.